The van der Waals surface area contributed by atoms with Gasteiger partial charge in [0.1, 0.15) is 5.69 Å². The van der Waals surface area contributed by atoms with Gasteiger partial charge in [0, 0.05) is 11.3 Å². The minimum absolute atomic E-state index is 0.0887. The zero-order valence-corrected chi connectivity index (χ0v) is 19.3. The van der Waals surface area contributed by atoms with Crippen LogP contribution >= 0.6 is 0 Å². The summed E-state index contributed by atoms with van der Waals surface area (Å²) in [5.74, 6) is -2.63. The van der Waals surface area contributed by atoms with Gasteiger partial charge in [-0.3, -0.25) is 9.59 Å². The van der Waals surface area contributed by atoms with Gasteiger partial charge in [-0.05, 0) is 37.5 Å². The highest BCUT2D eigenvalue weighted by Gasteiger charge is 2.44. The first-order valence-corrected chi connectivity index (χ1v) is 10.5. The number of nitrogens with zero attached hydrogens (tertiary/aromatic N) is 1. The van der Waals surface area contributed by atoms with Crippen molar-refractivity contribution in [3.63, 3.8) is 0 Å². The normalized spacial score (nSPS) is 18.0. The first-order valence-electron chi connectivity index (χ1n) is 10.5. The molecule has 3 rings (SSSR count). The van der Waals surface area contributed by atoms with Crippen LogP contribution in [0.5, 0.6) is 0 Å². The van der Waals surface area contributed by atoms with Crippen molar-refractivity contribution in [3.8, 4) is 0 Å². The lowest BCUT2D eigenvalue weighted by molar-refractivity contribution is -0.857. The Morgan fingerprint density at radius 2 is 1.78 bits per heavy atom. The molecule has 1 aliphatic heterocycles. The third-order valence-corrected chi connectivity index (χ3v) is 5.83. The zero-order valence-electron chi connectivity index (χ0n) is 19.3. The molecular weight excluding hydrogens is 410 g/mol. The number of amides is 1. The molecule has 1 aromatic carbocycles. The highest BCUT2D eigenvalue weighted by Crippen LogP contribution is 2.39. The number of benzene rings is 1. The number of nitrogens with one attached hydrogen (secondary N) is 2. The Morgan fingerprint density at radius 1 is 1.16 bits per heavy atom. The van der Waals surface area contributed by atoms with Crippen molar-refractivity contribution in [2.24, 2.45) is 0 Å². The maximum Gasteiger partial charge on any atom is 0.354 e. The van der Waals surface area contributed by atoms with E-state index in [0.717, 1.165) is 10.5 Å². The topological polar surface area (TPSA) is 107 Å². The summed E-state index contributed by atoms with van der Waals surface area (Å²) in [5.41, 5.74) is 2.86. The summed E-state index contributed by atoms with van der Waals surface area (Å²) in [6, 6.07) is 6.68. The zero-order chi connectivity index (χ0) is 23.7. The second-order valence-electron chi connectivity index (χ2n) is 8.46. The molecule has 2 aromatic rings. The van der Waals surface area contributed by atoms with Crippen molar-refractivity contribution >= 4 is 23.4 Å². The highest BCUT2D eigenvalue weighted by atomic mass is 16.5. The molecule has 170 valence electrons. The average molecular weight is 440 g/mol. The van der Waals surface area contributed by atoms with Gasteiger partial charge in [0.2, 0.25) is 5.78 Å². The highest BCUT2D eigenvalue weighted by molar-refractivity contribution is 6.46. The summed E-state index contributed by atoms with van der Waals surface area (Å²) in [4.78, 5) is 43.6. The van der Waals surface area contributed by atoms with E-state index >= 15 is 0 Å². The Morgan fingerprint density at radius 3 is 2.34 bits per heavy atom. The van der Waals surface area contributed by atoms with Gasteiger partial charge in [-0.1, -0.05) is 35.6 Å². The number of likely N-dealkylation sites (N-methyl/N-ethyl adjacent to an activating group) is 1. The minimum Gasteiger partial charge on any atom is -0.872 e. The molecule has 0 saturated carbocycles. The molecule has 1 saturated heterocycles. The molecule has 2 N–H and O–H groups in total. The van der Waals surface area contributed by atoms with E-state index in [1.165, 1.54) is 12.0 Å². The van der Waals surface area contributed by atoms with Crippen molar-refractivity contribution in [3.05, 3.63) is 63.5 Å². The molecule has 0 radical (unpaired) electrons. The Kier molecular flexibility index (Phi) is 6.55. The van der Waals surface area contributed by atoms with Gasteiger partial charge in [-0.25, -0.2) is 4.79 Å². The van der Waals surface area contributed by atoms with Gasteiger partial charge >= 0.3 is 5.97 Å². The lowest BCUT2D eigenvalue weighted by Gasteiger charge is -2.28. The largest absolute Gasteiger partial charge is 0.872 e. The van der Waals surface area contributed by atoms with E-state index in [2.05, 4.69) is 4.98 Å². The molecular formula is C24H29N3O5. The van der Waals surface area contributed by atoms with Gasteiger partial charge in [-0.15, -0.1) is 0 Å². The molecule has 1 amide bonds. The Bertz CT molecular complexity index is 1100. The number of ketones is 1. The van der Waals surface area contributed by atoms with Gasteiger partial charge in [0.25, 0.3) is 5.91 Å². The molecule has 1 aromatic heterocycles. The number of aryl methyl sites for hydroxylation is 2. The summed E-state index contributed by atoms with van der Waals surface area (Å²) < 4.78 is 4.78. The lowest BCUT2D eigenvalue weighted by Crippen LogP contribution is -3.06. The van der Waals surface area contributed by atoms with Crippen LogP contribution in [0, 0.1) is 20.8 Å². The van der Waals surface area contributed by atoms with Crippen LogP contribution in [0.4, 0.5) is 0 Å². The third-order valence-electron chi connectivity index (χ3n) is 5.83. The number of ether oxygens (including phenoxy) is 1. The molecule has 1 unspecified atom stereocenters. The summed E-state index contributed by atoms with van der Waals surface area (Å²) in [5, 5.41) is 13.7. The Labute approximate surface area is 187 Å². The van der Waals surface area contributed by atoms with Crippen LogP contribution < -0.4 is 10.0 Å². The van der Waals surface area contributed by atoms with E-state index in [9.17, 15) is 19.5 Å². The molecule has 1 fully saturated rings. The first kappa shape index (κ1) is 23.3. The predicted molar refractivity (Wildman–Crippen MR) is 117 cm³/mol. The van der Waals surface area contributed by atoms with Crippen molar-refractivity contribution in [1.29, 1.82) is 0 Å². The second kappa shape index (κ2) is 9.00. The molecule has 0 spiro atoms. The fraction of sp³-hybridized carbons (Fsp3) is 0.375. The number of rotatable bonds is 6. The van der Waals surface area contributed by atoms with E-state index in [4.69, 9.17) is 4.74 Å². The average Bonchev–Trinajstić information content (AvgIpc) is 3.18. The molecule has 2 heterocycles. The molecule has 1 aliphatic rings. The van der Waals surface area contributed by atoms with E-state index in [1.54, 1.807) is 13.8 Å². The van der Waals surface area contributed by atoms with Gasteiger partial charge in [0.15, 0.2) is 0 Å². The molecule has 8 heteroatoms. The number of carbonyl (C=O) groups excluding carboxylic acids is 3. The third kappa shape index (κ3) is 4.05. The number of methoxy groups -OCH3 is 1. The number of hydrogen-bond donors (Lipinski definition) is 2. The van der Waals surface area contributed by atoms with E-state index in [-0.39, 0.29) is 16.8 Å². The molecule has 0 aliphatic carbocycles. The fourth-order valence-electron chi connectivity index (χ4n) is 4.07. The SMILES string of the molecule is COC(=O)c1[nH]c(C)c(C([O-])=C2C(=O)C(=O)N(CC[NH+](C)C)C2c2ccc(C)cc2)c1C. The van der Waals surface area contributed by atoms with Gasteiger partial charge < -0.3 is 24.6 Å². The van der Waals surface area contributed by atoms with E-state index in [0.29, 0.717) is 29.9 Å². The second-order valence-corrected chi connectivity index (χ2v) is 8.46. The lowest BCUT2D eigenvalue weighted by atomic mass is 9.93. The van der Waals surface area contributed by atoms with Crippen LogP contribution in [0.15, 0.2) is 29.8 Å². The molecule has 32 heavy (non-hydrogen) atoms. The van der Waals surface area contributed by atoms with Gasteiger partial charge in [0.05, 0.1) is 40.3 Å². The summed E-state index contributed by atoms with van der Waals surface area (Å²) in [7, 11) is 5.17. The quantitative estimate of drug-likeness (QED) is 0.287. The number of likely N-dealkylation sites (tertiary alicyclic amines) is 1. The van der Waals surface area contributed by atoms with Crippen LogP contribution in [0.3, 0.4) is 0 Å². The standard InChI is InChI=1S/C24H29N3O5/c1-13-7-9-16(10-8-13)20-18(22(29)23(30)27(20)12-11-26(4)5)21(28)17-14(2)19(24(31)32-6)25-15(17)3/h7-10,20,25,28H,11-12H2,1-6H3. The van der Waals surface area contributed by atoms with E-state index < -0.39 is 29.5 Å². The number of hydrogen-bond acceptors (Lipinski definition) is 5. The number of carbonyl (C=O) groups is 3. The van der Waals surface area contributed by atoms with Crippen molar-refractivity contribution in [1.82, 2.24) is 9.88 Å². The maximum atomic E-state index is 13.7. The van der Waals surface area contributed by atoms with Crippen LogP contribution in [0.2, 0.25) is 0 Å². The predicted octanol–water partition coefficient (Wildman–Crippen LogP) is 0.0951. The number of aromatic amines is 1. The minimum atomic E-state index is -0.797. The van der Waals surface area contributed by atoms with Crippen molar-refractivity contribution in [2.75, 3.05) is 34.3 Å². The number of quaternary nitrogens is 1. The van der Waals surface area contributed by atoms with Crippen LogP contribution in [-0.4, -0.2) is 61.8 Å². The number of Topliss-reactive ketones (excluding diaryl/α,β-unsaturated/α-hetero) is 1. The van der Waals surface area contributed by atoms with Crippen LogP contribution in [-0.2, 0) is 14.3 Å². The summed E-state index contributed by atoms with van der Waals surface area (Å²) in [6.07, 6.45) is 0. The van der Waals surface area contributed by atoms with Gasteiger partial charge in [-0.2, -0.15) is 0 Å². The summed E-state index contributed by atoms with van der Waals surface area (Å²) in [6.45, 7) is 6.18. The Hall–Kier alpha value is -3.39. The van der Waals surface area contributed by atoms with Crippen LogP contribution in [0.25, 0.3) is 5.76 Å². The summed E-state index contributed by atoms with van der Waals surface area (Å²) >= 11 is 0. The Balaban J connectivity index is 2.21. The molecule has 1 atom stereocenters. The fourth-order valence-corrected chi connectivity index (χ4v) is 4.07. The number of aromatic nitrogens is 1. The number of esters is 1. The molecule has 8 nitrogen and oxygen atoms in total. The first-order chi connectivity index (χ1) is 15.1. The molecule has 0 bridgehead atoms. The van der Waals surface area contributed by atoms with Crippen molar-refractivity contribution in [2.45, 2.75) is 26.8 Å². The monoisotopic (exact) mass is 439 g/mol. The maximum absolute atomic E-state index is 13.7. The van der Waals surface area contributed by atoms with Crippen LogP contribution in [0.1, 0.15) is 44.5 Å². The smallest absolute Gasteiger partial charge is 0.354 e. The van der Waals surface area contributed by atoms with E-state index in [1.807, 2.05) is 45.3 Å². The van der Waals surface area contributed by atoms with Crippen molar-refractivity contribution < 1.29 is 29.1 Å². The number of H-pyrrole nitrogens is 1.